The van der Waals surface area contributed by atoms with E-state index in [4.69, 9.17) is 0 Å². The quantitative estimate of drug-likeness (QED) is 0.167. The molecule has 58 heavy (non-hydrogen) atoms. The summed E-state index contributed by atoms with van der Waals surface area (Å²) in [6, 6.07) is 80.4. The first-order valence-electron chi connectivity index (χ1n) is 19.9. The van der Waals surface area contributed by atoms with E-state index in [1.807, 2.05) is 11.3 Å². The Morgan fingerprint density at radius 1 is 0.328 bits per heavy atom. The number of hydrogen-bond donors (Lipinski definition) is 0. The summed E-state index contributed by atoms with van der Waals surface area (Å²) in [6.07, 6.45) is 0. The van der Waals surface area contributed by atoms with Crippen LogP contribution in [-0.4, -0.2) is 0 Å². The van der Waals surface area contributed by atoms with Crippen LogP contribution in [0.5, 0.6) is 0 Å². The summed E-state index contributed by atoms with van der Waals surface area (Å²) in [5, 5.41) is 2.57. The number of nitrogens with zero attached hydrogens (tertiary/aromatic N) is 2. The molecule has 1 aromatic heterocycles. The van der Waals surface area contributed by atoms with Gasteiger partial charge in [0.15, 0.2) is 0 Å². The molecule has 3 heteroatoms. The van der Waals surface area contributed by atoms with Gasteiger partial charge in [0.2, 0.25) is 0 Å². The van der Waals surface area contributed by atoms with Gasteiger partial charge in [0.1, 0.15) is 0 Å². The third kappa shape index (κ3) is 4.65. The maximum absolute atomic E-state index is 2.48. The summed E-state index contributed by atoms with van der Waals surface area (Å²) in [7, 11) is 0. The molecule has 2 aliphatic carbocycles. The predicted octanol–water partition coefficient (Wildman–Crippen LogP) is 15.3. The Hall–Kier alpha value is -7.20. The fraction of sp³-hybridized carbons (Fsp3) is 0.0182. The molecule has 2 aliphatic rings. The van der Waals surface area contributed by atoms with Crippen LogP contribution in [0, 0.1) is 0 Å². The smallest absolute Gasteiger partial charge is 0.0726 e. The number of fused-ring (bicyclic) bond motifs is 13. The lowest BCUT2D eigenvalue weighted by molar-refractivity contribution is 0.793. The van der Waals surface area contributed by atoms with Crippen molar-refractivity contribution in [3.63, 3.8) is 0 Å². The molecule has 0 saturated carbocycles. The summed E-state index contributed by atoms with van der Waals surface area (Å²) in [5.41, 5.74) is 16.7. The van der Waals surface area contributed by atoms with Gasteiger partial charge >= 0.3 is 0 Å². The van der Waals surface area contributed by atoms with E-state index in [1.54, 1.807) is 0 Å². The second-order valence-electron chi connectivity index (χ2n) is 15.2. The van der Waals surface area contributed by atoms with Crippen molar-refractivity contribution in [3.05, 3.63) is 241 Å². The number of anilines is 6. The third-order valence-corrected chi connectivity index (χ3v) is 13.4. The van der Waals surface area contributed by atoms with E-state index >= 15 is 0 Å². The van der Waals surface area contributed by atoms with E-state index in [0.29, 0.717) is 0 Å². The van der Waals surface area contributed by atoms with Crippen molar-refractivity contribution in [2.24, 2.45) is 0 Å². The highest BCUT2D eigenvalue weighted by atomic mass is 32.1. The van der Waals surface area contributed by atoms with Gasteiger partial charge in [0.05, 0.1) is 16.8 Å². The van der Waals surface area contributed by atoms with Crippen molar-refractivity contribution >= 4 is 65.6 Å². The fourth-order valence-electron chi connectivity index (χ4n) is 10.0. The monoisotopic (exact) mass is 756 g/mol. The van der Waals surface area contributed by atoms with Crippen LogP contribution < -0.4 is 9.80 Å². The molecule has 10 aromatic rings. The zero-order valence-corrected chi connectivity index (χ0v) is 32.4. The maximum Gasteiger partial charge on any atom is 0.0726 e. The van der Waals surface area contributed by atoms with Gasteiger partial charge in [-0.05, 0) is 112 Å². The molecule has 0 bridgehead atoms. The van der Waals surface area contributed by atoms with Crippen LogP contribution in [0.1, 0.15) is 22.3 Å². The minimum Gasteiger partial charge on any atom is -0.310 e. The van der Waals surface area contributed by atoms with Crippen molar-refractivity contribution in [3.8, 4) is 22.3 Å². The largest absolute Gasteiger partial charge is 0.310 e. The van der Waals surface area contributed by atoms with E-state index in [1.165, 1.54) is 70.4 Å². The number of thiophene rings is 1. The van der Waals surface area contributed by atoms with Crippen LogP contribution in [0.2, 0.25) is 0 Å². The molecule has 0 amide bonds. The van der Waals surface area contributed by atoms with Crippen LogP contribution in [0.4, 0.5) is 34.1 Å². The minimum absolute atomic E-state index is 0.493. The Kier molecular flexibility index (Phi) is 7.35. The van der Waals surface area contributed by atoms with Crippen molar-refractivity contribution in [2.45, 2.75) is 5.41 Å². The molecule has 272 valence electrons. The normalized spacial score (nSPS) is 13.0. The Morgan fingerprint density at radius 2 is 0.810 bits per heavy atom. The van der Waals surface area contributed by atoms with Gasteiger partial charge in [-0.15, -0.1) is 11.3 Å². The zero-order chi connectivity index (χ0) is 38.2. The first-order valence-corrected chi connectivity index (χ1v) is 20.8. The number of para-hydroxylation sites is 3. The van der Waals surface area contributed by atoms with E-state index < -0.39 is 5.41 Å². The van der Waals surface area contributed by atoms with Gasteiger partial charge in [-0.1, -0.05) is 146 Å². The average Bonchev–Trinajstić information content (AvgIpc) is 3.92. The molecule has 0 N–H and O–H groups in total. The van der Waals surface area contributed by atoms with Crippen LogP contribution in [0.25, 0.3) is 42.4 Å². The molecule has 0 unspecified atom stereocenters. The lowest BCUT2D eigenvalue weighted by Gasteiger charge is -2.32. The Balaban J connectivity index is 1.19. The van der Waals surface area contributed by atoms with Crippen LogP contribution in [0.3, 0.4) is 0 Å². The second-order valence-corrected chi connectivity index (χ2v) is 16.3. The molecule has 1 spiro atoms. The summed E-state index contributed by atoms with van der Waals surface area (Å²) < 4.78 is 2.58. The SMILES string of the molecule is c1ccc(N(c2ccccc2)c2cccc3c2-c2cc(N(c4ccccc4)c4cccc5sc6ccccc6c45)ccc2C32c3ccccc3-c3ccccc32)cc1. The molecule has 0 aliphatic heterocycles. The maximum atomic E-state index is 2.48. The molecule has 0 radical (unpaired) electrons. The first kappa shape index (κ1) is 33.0. The summed E-state index contributed by atoms with van der Waals surface area (Å²) in [4.78, 5) is 4.91. The van der Waals surface area contributed by atoms with Gasteiger partial charge in [0, 0.05) is 48.5 Å². The minimum atomic E-state index is -0.493. The predicted molar refractivity (Wildman–Crippen MR) is 245 cm³/mol. The highest BCUT2D eigenvalue weighted by molar-refractivity contribution is 7.26. The highest BCUT2D eigenvalue weighted by Crippen LogP contribution is 2.65. The fourth-order valence-corrected chi connectivity index (χ4v) is 11.1. The summed E-state index contributed by atoms with van der Waals surface area (Å²) in [5.74, 6) is 0. The lowest BCUT2D eigenvalue weighted by Crippen LogP contribution is -2.26. The molecular formula is C55H36N2S. The van der Waals surface area contributed by atoms with Gasteiger partial charge < -0.3 is 9.80 Å². The van der Waals surface area contributed by atoms with Crippen molar-refractivity contribution in [1.82, 2.24) is 0 Å². The number of hydrogen-bond acceptors (Lipinski definition) is 3. The van der Waals surface area contributed by atoms with Crippen molar-refractivity contribution in [2.75, 3.05) is 9.80 Å². The standard InChI is InChI=1S/C55H36N2S/c1-4-18-37(19-5-1)56(38-20-6-2-7-21-38)49-30-16-29-48-53(49)44-36-40(34-35-47(44)55(48)45-27-13-10-24-41(45)42-25-11-14-28-46(42)55)57(39-22-8-3-9-23-39)50-31-17-33-52-54(50)43-26-12-15-32-51(43)58-52/h1-36H. The second kappa shape index (κ2) is 12.9. The zero-order valence-electron chi connectivity index (χ0n) is 31.6. The third-order valence-electron chi connectivity index (χ3n) is 12.2. The molecule has 0 atom stereocenters. The number of benzene rings is 9. The molecule has 0 fully saturated rings. The van der Waals surface area contributed by atoms with Crippen molar-refractivity contribution in [1.29, 1.82) is 0 Å². The summed E-state index contributed by atoms with van der Waals surface area (Å²) >= 11 is 1.86. The van der Waals surface area contributed by atoms with Crippen LogP contribution in [-0.2, 0) is 5.41 Å². The van der Waals surface area contributed by atoms with E-state index in [2.05, 4.69) is 228 Å². The molecule has 1 heterocycles. The topological polar surface area (TPSA) is 6.48 Å². The Bertz CT molecular complexity index is 3100. The lowest BCUT2D eigenvalue weighted by atomic mass is 9.70. The van der Waals surface area contributed by atoms with Gasteiger partial charge in [0.25, 0.3) is 0 Å². The molecule has 9 aromatic carbocycles. The Morgan fingerprint density at radius 3 is 1.47 bits per heavy atom. The number of rotatable bonds is 6. The molecule has 2 nitrogen and oxygen atoms in total. The van der Waals surface area contributed by atoms with Gasteiger partial charge in [-0.2, -0.15) is 0 Å². The van der Waals surface area contributed by atoms with Crippen molar-refractivity contribution < 1.29 is 0 Å². The van der Waals surface area contributed by atoms with Crippen LogP contribution >= 0.6 is 11.3 Å². The average molecular weight is 757 g/mol. The molecule has 12 rings (SSSR count). The van der Waals surface area contributed by atoms with E-state index in [0.717, 1.165) is 28.4 Å². The Labute approximate surface area is 342 Å². The van der Waals surface area contributed by atoms with Gasteiger partial charge in [-0.25, -0.2) is 0 Å². The molecule has 0 saturated heterocycles. The summed E-state index contributed by atoms with van der Waals surface area (Å²) in [6.45, 7) is 0. The van der Waals surface area contributed by atoms with E-state index in [9.17, 15) is 0 Å². The highest BCUT2D eigenvalue weighted by Gasteiger charge is 2.52. The van der Waals surface area contributed by atoms with Crippen LogP contribution in [0.15, 0.2) is 218 Å². The van der Waals surface area contributed by atoms with E-state index in [-0.39, 0.29) is 0 Å². The van der Waals surface area contributed by atoms with Gasteiger partial charge in [-0.3, -0.25) is 0 Å². The first-order chi connectivity index (χ1) is 28.8. The molecular weight excluding hydrogens is 721 g/mol.